The standard InChI is InChI=1S/C18H24N4O4/c1-25-15-9-13-14(10-16(15)26-2)19-11-20-18(13)22-7-5-12(6-8-22)3-4-17(23)21-24/h9-12,24H,3-8H2,1-2H3,(H,21,23). The number of methoxy groups -OCH3 is 2. The number of hydroxylamine groups is 1. The number of piperidine rings is 1. The number of aromatic nitrogens is 2. The van der Waals surface area contributed by atoms with Gasteiger partial charge in [0.05, 0.1) is 19.7 Å². The molecule has 2 aromatic rings. The molecular weight excluding hydrogens is 336 g/mol. The van der Waals surface area contributed by atoms with Crippen LogP contribution < -0.4 is 19.9 Å². The van der Waals surface area contributed by atoms with Gasteiger partial charge in [-0.2, -0.15) is 0 Å². The number of nitrogens with one attached hydrogen (secondary N) is 1. The highest BCUT2D eigenvalue weighted by atomic mass is 16.5. The van der Waals surface area contributed by atoms with Gasteiger partial charge in [-0.05, 0) is 31.2 Å². The first-order valence-electron chi connectivity index (χ1n) is 8.71. The molecule has 0 aliphatic carbocycles. The van der Waals surface area contributed by atoms with Crippen LogP contribution in [0.4, 0.5) is 5.82 Å². The van der Waals surface area contributed by atoms with Gasteiger partial charge in [-0.1, -0.05) is 0 Å². The predicted octanol–water partition coefficient (Wildman–Crippen LogP) is 2.15. The topological polar surface area (TPSA) is 96.8 Å². The number of carbonyl (C=O) groups excluding carboxylic acids is 1. The lowest BCUT2D eigenvalue weighted by Crippen LogP contribution is -2.34. The van der Waals surface area contributed by atoms with Gasteiger partial charge in [0.1, 0.15) is 12.1 Å². The van der Waals surface area contributed by atoms with Gasteiger partial charge in [-0.25, -0.2) is 15.4 Å². The Kier molecular flexibility index (Phi) is 5.72. The molecule has 0 atom stereocenters. The maximum absolute atomic E-state index is 11.2. The number of anilines is 1. The molecule has 1 aliphatic rings. The first-order valence-corrected chi connectivity index (χ1v) is 8.71. The molecule has 0 radical (unpaired) electrons. The van der Waals surface area contributed by atoms with E-state index in [2.05, 4.69) is 14.9 Å². The van der Waals surface area contributed by atoms with Crippen LogP contribution in [0, 0.1) is 5.92 Å². The molecule has 1 amide bonds. The van der Waals surface area contributed by atoms with Crippen molar-refractivity contribution in [1.82, 2.24) is 15.4 Å². The number of benzene rings is 1. The summed E-state index contributed by atoms with van der Waals surface area (Å²) >= 11 is 0. The summed E-state index contributed by atoms with van der Waals surface area (Å²) in [6, 6.07) is 3.78. The van der Waals surface area contributed by atoms with Gasteiger partial charge in [-0.15, -0.1) is 0 Å². The Bertz CT molecular complexity index is 775. The Morgan fingerprint density at radius 2 is 1.92 bits per heavy atom. The Morgan fingerprint density at radius 1 is 1.23 bits per heavy atom. The lowest BCUT2D eigenvalue weighted by atomic mass is 9.92. The predicted molar refractivity (Wildman–Crippen MR) is 96.7 cm³/mol. The van der Waals surface area contributed by atoms with E-state index >= 15 is 0 Å². The summed E-state index contributed by atoms with van der Waals surface area (Å²) in [4.78, 5) is 22.3. The molecule has 0 unspecified atom stereocenters. The fourth-order valence-electron chi connectivity index (χ4n) is 3.45. The van der Waals surface area contributed by atoms with Crippen LogP contribution in [0.2, 0.25) is 0 Å². The largest absolute Gasteiger partial charge is 0.493 e. The monoisotopic (exact) mass is 360 g/mol. The highest BCUT2D eigenvalue weighted by molar-refractivity contribution is 5.92. The summed E-state index contributed by atoms with van der Waals surface area (Å²) in [5, 5.41) is 9.53. The molecular formula is C18H24N4O4. The summed E-state index contributed by atoms with van der Waals surface area (Å²) in [5.74, 6) is 2.34. The second kappa shape index (κ2) is 8.18. The van der Waals surface area contributed by atoms with Gasteiger partial charge in [0.15, 0.2) is 11.5 Å². The van der Waals surface area contributed by atoms with E-state index in [-0.39, 0.29) is 5.91 Å². The molecule has 0 spiro atoms. The minimum atomic E-state index is -0.324. The molecule has 0 saturated carbocycles. The van der Waals surface area contributed by atoms with Crippen molar-refractivity contribution >= 4 is 22.6 Å². The second-order valence-corrected chi connectivity index (χ2v) is 6.43. The van der Waals surface area contributed by atoms with Crippen molar-refractivity contribution in [2.75, 3.05) is 32.2 Å². The number of hydrogen-bond donors (Lipinski definition) is 2. The molecule has 1 saturated heterocycles. The zero-order valence-corrected chi connectivity index (χ0v) is 15.1. The normalized spacial score (nSPS) is 15.1. The van der Waals surface area contributed by atoms with Crippen LogP contribution in [0.15, 0.2) is 18.5 Å². The fraction of sp³-hybridized carbons (Fsp3) is 0.500. The number of nitrogens with zero attached hydrogens (tertiary/aromatic N) is 3. The van der Waals surface area contributed by atoms with Crippen LogP contribution in [-0.4, -0.2) is 48.4 Å². The summed E-state index contributed by atoms with van der Waals surface area (Å²) in [5.41, 5.74) is 2.51. The smallest absolute Gasteiger partial charge is 0.243 e. The minimum absolute atomic E-state index is 0.324. The third kappa shape index (κ3) is 3.80. The van der Waals surface area contributed by atoms with E-state index in [9.17, 15) is 4.79 Å². The summed E-state index contributed by atoms with van der Waals surface area (Å²) in [6.07, 6.45) is 4.68. The molecule has 2 N–H and O–H groups in total. The van der Waals surface area contributed by atoms with Crippen molar-refractivity contribution < 1.29 is 19.5 Å². The molecule has 3 rings (SSSR count). The Balaban J connectivity index is 1.76. The minimum Gasteiger partial charge on any atom is -0.493 e. The highest BCUT2D eigenvalue weighted by Crippen LogP contribution is 2.36. The SMILES string of the molecule is COc1cc2ncnc(N3CCC(CCC(=O)NO)CC3)c2cc1OC. The third-order valence-corrected chi connectivity index (χ3v) is 4.94. The van der Waals surface area contributed by atoms with E-state index in [1.165, 1.54) is 0 Å². The quantitative estimate of drug-likeness (QED) is 0.602. The molecule has 2 heterocycles. The van der Waals surface area contributed by atoms with Crippen LogP contribution in [-0.2, 0) is 4.79 Å². The van der Waals surface area contributed by atoms with E-state index in [0.717, 1.165) is 49.1 Å². The first kappa shape index (κ1) is 18.2. The zero-order valence-electron chi connectivity index (χ0n) is 15.1. The van der Waals surface area contributed by atoms with Gasteiger partial charge in [0.2, 0.25) is 5.91 Å². The average Bonchev–Trinajstić information content (AvgIpc) is 2.70. The van der Waals surface area contributed by atoms with Crippen LogP contribution in [0.5, 0.6) is 11.5 Å². The average molecular weight is 360 g/mol. The van der Waals surface area contributed by atoms with Crippen molar-refractivity contribution in [2.24, 2.45) is 5.92 Å². The molecule has 140 valence electrons. The number of hydrogen-bond acceptors (Lipinski definition) is 7. The number of rotatable bonds is 6. The molecule has 1 aromatic carbocycles. The number of amides is 1. The third-order valence-electron chi connectivity index (χ3n) is 4.94. The van der Waals surface area contributed by atoms with Crippen LogP contribution in [0.3, 0.4) is 0 Å². The Morgan fingerprint density at radius 3 is 2.58 bits per heavy atom. The zero-order chi connectivity index (χ0) is 18.5. The summed E-state index contributed by atoms with van der Waals surface area (Å²) < 4.78 is 10.8. The molecule has 26 heavy (non-hydrogen) atoms. The van der Waals surface area contributed by atoms with E-state index < -0.39 is 0 Å². The Hall–Kier alpha value is -2.61. The fourth-order valence-corrected chi connectivity index (χ4v) is 3.45. The molecule has 1 aromatic heterocycles. The molecule has 0 bridgehead atoms. The van der Waals surface area contributed by atoms with Crippen molar-refractivity contribution in [2.45, 2.75) is 25.7 Å². The molecule has 8 heteroatoms. The Labute approximate surface area is 152 Å². The number of ether oxygens (including phenoxy) is 2. The van der Waals surface area contributed by atoms with E-state index in [0.29, 0.717) is 23.8 Å². The van der Waals surface area contributed by atoms with Gasteiger partial charge in [-0.3, -0.25) is 10.0 Å². The lowest BCUT2D eigenvalue weighted by molar-refractivity contribution is -0.129. The van der Waals surface area contributed by atoms with Crippen molar-refractivity contribution in [3.8, 4) is 11.5 Å². The van der Waals surface area contributed by atoms with Gasteiger partial charge >= 0.3 is 0 Å². The van der Waals surface area contributed by atoms with Crippen LogP contribution in [0.1, 0.15) is 25.7 Å². The van der Waals surface area contributed by atoms with Gasteiger partial charge < -0.3 is 14.4 Å². The molecule has 8 nitrogen and oxygen atoms in total. The van der Waals surface area contributed by atoms with Crippen LogP contribution >= 0.6 is 0 Å². The lowest BCUT2D eigenvalue weighted by Gasteiger charge is -2.33. The van der Waals surface area contributed by atoms with E-state index in [4.69, 9.17) is 14.7 Å². The van der Waals surface area contributed by atoms with E-state index in [1.54, 1.807) is 26.0 Å². The van der Waals surface area contributed by atoms with E-state index in [1.807, 2.05) is 12.1 Å². The maximum atomic E-state index is 11.2. The summed E-state index contributed by atoms with van der Waals surface area (Å²) in [6.45, 7) is 1.73. The van der Waals surface area contributed by atoms with Crippen LogP contribution in [0.25, 0.3) is 10.9 Å². The second-order valence-electron chi connectivity index (χ2n) is 6.43. The molecule has 1 fully saturated rings. The highest BCUT2D eigenvalue weighted by Gasteiger charge is 2.23. The number of carbonyl (C=O) groups is 1. The van der Waals surface area contributed by atoms with Gasteiger partial charge in [0, 0.05) is 31.0 Å². The van der Waals surface area contributed by atoms with Crippen molar-refractivity contribution in [3.05, 3.63) is 18.5 Å². The van der Waals surface area contributed by atoms with Crippen molar-refractivity contribution in [3.63, 3.8) is 0 Å². The first-order chi connectivity index (χ1) is 12.7. The van der Waals surface area contributed by atoms with Crippen molar-refractivity contribution in [1.29, 1.82) is 0 Å². The maximum Gasteiger partial charge on any atom is 0.243 e. The number of fused-ring (bicyclic) bond motifs is 1. The van der Waals surface area contributed by atoms with Gasteiger partial charge in [0.25, 0.3) is 0 Å². The molecule has 1 aliphatic heterocycles. The summed E-state index contributed by atoms with van der Waals surface area (Å²) in [7, 11) is 3.22.